The van der Waals surface area contributed by atoms with E-state index in [0.29, 0.717) is 6.42 Å². The van der Waals surface area contributed by atoms with Crippen LogP contribution in [0, 0.1) is 11.8 Å². The zero-order valence-electron chi connectivity index (χ0n) is 5.02. The number of ether oxygens (including phenoxy) is 1. The van der Waals surface area contributed by atoms with Gasteiger partial charge in [-0.2, -0.15) is 0 Å². The molecule has 0 bridgehead atoms. The van der Waals surface area contributed by atoms with Gasteiger partial charge in [-0.15, -0.1) is 0 Å². The maximum absolute atomic E-state index is 10.2. The van der Waals surface area contributed by atoms with Crippen molar-refractivity contribution in [2.75, 3.05) is 7.11 Å². The summed E-state index contributed by atoms with van der Waals surface area (Å²) < 4.78 is 4.24. The van der Waals surface area contributed by atoms with E-state index in [1.54, 1.807) is 0 Å². The maximum Gasteiger partial charge on any atom is 0.384 e. The highest BCUT2D eigenvalue weighted by Crippen LogP contribution is 1.70. The molecule has 0 saturated carbocycles. The smallest absolute Gasteiger partial charge is 0.384 e. The fourth-order valence-corrected chi connectivity index (χ4v) is 0.212. The van der Waals surface area contributed by atoms with Crippen LogP contribution in [0.25, 0.3) is 0 Å². The molecule has 0 fully saturated rings. The molecule has 2 heteroatoms. The second-order valence-electron chi connectivity index (χ2n) is 1.15. The summed E-state index contributed by atoms with van der Waals surface area (Å²) in [5.74, 6) is 4.38. The summed E-state index contributed by atoms with van der Waals surface area (Å²) in [4.78, 5) is 10.2. The lowest BCUT2D eigenvalue weighted by atomic mass is 10.5. The standard InChI is InChI=1S/C6H8O2/c1-3-4-5-6(7)8-2/h3H2,1-2H3. The van der Waals surface area contributed by atoms with Gasteiger partial charge in [0, 0.05) is 12.3 Å². The van der Waals surface area contributed by atoms with Gasteiger partial charge in [0.2, 0.25) is 0 Å². The van der Waals surface area contributed by atoms with Crippen molar-refractivity contribution in [3.63, 3.8) is 0 Å². The molecule has 0 aromatic carbocycles. The molecule has 0 aromatic heterocycles. The molecule has 44 valence electrons. The van der Waals surface area contributed by atoms with Crippen molar-refractivity contribution in [1.82, 2.24) is 0 Å². The van der Waals surface area contributed by atoms with Gasteiger partial charge in [0.15, 0.2) is 0 Å². The van der Waals surface area contributed by atoms with E-state index in [1.165, 1.54) is 7.11 Å². The summed E-state index contributed by atoms with van der Waals surface area (Å²) in [7, 11) is 1.31. The minimum atomic E-state index is -0.466. The molecule has 0 radical (unpaired) electrons. The molecule has 0 aliphatic rings. The van der Waals surface area contributed by atoms with Crippen molar-refractivity contribution in [2.24, 2.45) is 0 Å². The molecule has 0 spiro atoms. The third kappa shape index (κ3) is 3.23. The van der Waals surface area contributed by atoms with E-state index >= 15 is 0 Å². The normalized spacial score (nSPS) is 6.75. The average Bonchev–Trinajstić information content (AvgIpc) is 1.83. The van der Waals surface area contributed by atoms with Gasteiger partial charge in [-0.1, -0.05) is 12.8 Å². The van der Waals surface area contributed by atoms with Crippen LogP contribution in [0.3, 0.4) is 0 Å². The fourth-order valence-electron chi connectivity index (χ4n) is 0.212. The summed E-state index contributed by atoms with van der Waals surface area (Å²) in [6.07, 6.45) is 0.690. The SMILES string of the molecule is CCC#CC(=O)OC. The molecule has 0 unspecified atom stereocenters. The van der Waals surface area contributed by atoms with Gasteiger partial charge in [-0.05, 0) is 0 Å². The number of carbonyl (C=O) groups excluding carboxylic acids is 1. The molecule has 0 N–H and O–H groups in total. The highest BCUT2D eigenvalue weighted by Gasteiger charge is 1.85. The summed E-state index contributed by atoms with van der Waals surface area (Å²) in [5, 5.41) is 0. The number of rotatable bonds is 0. The van der Waals surface area contributed by atoms with E-state index in [9.17, 15) is 4.79 Å². The minimum Gasteiger partial charge on any atom is -0.459 e. The second kappa shape index (κ2) is 4.20. The van der Waals surface area contributed by atoms with Crippen molar-refractivity contribution in [2.45, 2.75) is 13.3 Å². The monoisotopic (exact) mass is 112 g/mol. The number of hydrogen-bond donors (Lipinski definition) is 0. The summed E-state index contributed by atoms with van der Waals surface area (Å²) in [6.45, 7) is 1.87. The Labute approximate surface area is 48.8 Å². The van der Waals surface area contributed by atoms with Gasteiger partial charge in [-0.3, -0.25) is 0 Å². The van der Waals surface area contributed by atoms with Crippen LogP contribution in [0.15, 0.2) is 0 Å². The summed E-state index contributed by atoms with van der Waals surface area (Å²) in [5.41, 5.74) is 0. The van der Waals surface area contributed by atoms with Gasteiger partial charge >= 0.3 is 5.97 Å². The first-order valence-electron chi connectivity index (χ1n) is 2.38. The third-order valence-electron chi connectivity index (χ3n) is 0.553. The van der Waals surface area contributed by atoms with Crippen LogP contribution in [-0.2, 0) is 9.53 Å². The molecule has 0 aliphatic carbocycles. The molecule has 0 heterocycles. The number of esters is 1. The zero-order valence-corrected chi connectivity index (χ0v) is 5.02. The largest absolute Gasteiger partial charge is 0.459 e. The second-order valence-corrected chi connectivity index (χ2v) is 1.15. The van der Waals surface area contributed by atoms with Crippen LogP contribution in [0.4, 0.5) is 0 Å². The van der Waals surface area contributed by atoms with Crippen LogP contribution in [0.2, 0.25) is 0 Å². The Bertz CT molecular complexity index is 127. The lowest BCUT2D eigenvalue weighted by Gasteiger charge is -1.82. The quantitative estimate of drug-likeness (QED) is 0.260. The van der Waals surface area contributed by atoms with Gasteiger partial charge in [0.1, 0.15) is 0 Å². The molecule has 0 aliphatic heterocycles. The van der Waals surface area contributed by atoms with Crippen LogP contribution >= 0.6 is 0 Å². The minimum absolute atomic E-state index is 0.466. The number of carbonyl (C=O) groups is 1. The Morgan fingerprint density at radius 2 is 2.38 bits per heavy atom. The van der Waals surface area contributed by atoms with Crippen molar-refractivity contribution in [1.29, 1.82) is 0 Å². The van der Waals surface area contributed by atoms with Crippen LogP contribution in [0.5, 0.6) is 0 Å². The van der Waals surface area contributed by atoms with E-state index in [0.717, 1.165) is 0 Å². The van der Waals surface area contributed by atoms with E-state index in [1.807, 2.05) is 6.92 Å². The molecule has 2 nitrogen and oxygen atoms in total. The van der Waals surface area contributed by atoms with Gasteiger partial charge in [0.05, 0.1) is 7.11 Å². The van der Waals surface area contributed by atoms with Crippen molar-refractivity contribution in [3.8, 4) is 11.8 Å². The van der Waals surface area contributed by atoms with Gasteiger partial charge < -0.3 is 4.74 Å². The molecule has 0 aromatic rings. The molecular formula is C6H8O2. The Balaban J connectivity index is 3.52. The Morgan fingerprint density at radius 1 is 1.75 bits per heavy atom. The predicted molar refractivity (Wildman–Crippen MR) is 30.1 cm³/mol. The molecular weight excluding hydrogens is 104 g/mol. The van der Waals surface area contributed by atoms with Crippen molar-refractivity contribution < 1.29 is 9.53 Å². The Morgan fingerprint density at radius 3 is 2.75 bits per heavy atom. The zero-order chi connectivity index (χ0) is 6.41. The average molecular weight is 112 g/mol. The van der Waals surface area contributed by atoms with E-state index in [4.69, 9.17) is 0 Å². The first kappa shape index (κ1) is 7.03. The molecule has 0 atom stereocenters. The van der Waals surface area contributed by atoms with Crippen LogP contribution < -0.4 is 0 Å². The first-order valence-corrected chi connectivity index (χ1v) is 2.38. The topological polar surface area (TPSA) is 26.3 Å². The Kier molecular flexibility index (Phi) is 3.69. The lowest BCUT2D eigenvalue weighted by Crippen LogP contribution is -1.93. The van der Waals surface area contributed by atoms with E-state index < -0.39 is 5.97 Å². The summed E-state index contributed by atoms with van der Waals surface area (Å²) >= 11 is 0. The Hall–Kier alpha value is -0.970. The number of methoxy groups -OCH3 is 1. The summed E-state index contributed by atoms with van der Waals surface area (Å²) in [6, 6.07) is 0. The first-order chi connectivity index (χ1) is 3.81. The van der Waals surface area contributed by atoms with Crippen molar-refractivity contribution in [3.05, 3.63) is 0 Å². The van der Waals surface area contributed by atoms with Crippen LogP contribution in [0.1, 0.15) is 13.3 Å². The predicted octanol–water partition coefficient (Wildman–Crippen LogP) is 0.573. The van der Waals surface area contributed by atoms with Crippen molar-refractivity contribution >= 4 is 5.97 Å². The lowest BCUT2D eigenvalue weighted by molar-refractivity contribution is -0.133. The third-order valence-corrected chi connectivity index (χ3v) is 0.553. The fraction of sp³-hybridized carbons (Fsp3) is 0.500. The maximum atomic E-state index is 10.2. The highest BCUT2D eigenvalue weighted by atomic mass is 16.5. The highest BCUT2D eigenvalue weighted by molar-refractivity contribution is 5.88. The van der Waals surface area contributed by atoms with E-state index in [-0.39, 0.29) is 0 Å². The van der Waals surface area contributed by atoms with E-state index in [2.05, 4.69) is 16.6 Å². The molecule has 0 amide bonds. The number of hydrogen-bond acceptors (Lipinski definition) is 2. The van der Waals surface area contributed by atoms with Gasteiger partial charge in [-0.25, -0.2) is 4.79 Å². The molecule has 0 saturated heterocycles. The van der Waals surface area contributed by atoms with Gasteiger partial charge in [0.25, 0.3) is 0 Å². The van der Waals surface area contributed by atoms with Crippen LogP contribution in [-0.4, -0.2) is 13.1 Å². The molecule has 8 heavy (non-hydrogen) atoms. The molecule has 0 rings (SSSR count).